The van der Waals surface area contributed by atoms with Gasteiger partial charge in [0.25, 0.3) is 5.91 Å². The number of methoxy groups -OCH3 is 2. The number of benzene rings is 3. The lowest BCUT2D eigenvalue weighted by molar-refractivity contribution is 0.102. The summed E-state index contributed by atoms with van der Waals surface area (Å²) in [4.78, 5) is 12.8. The third-order valence-electron chi connectivity index (χ3n) is 3.95. The lowest BCUT2D eigenvalue weighted by Gasteiger charge is -2.13. The van der Waals surface area contributed by atoms with Crippen molar-refractivity contribution < 1.29 is 14.3 Å². The zero-order chi connectivity index (χ0) is 17.1. The minimum Gasteiger partial charge on any atom is -0.496 e. The molecule has 3 aromatic rings. The molecule has 0 aliphatic rings. The quantitative estimate of drug-likeness (QED) is 0.774. The van der Waals surface area contributed by atoms with E-state index in [1.807, 2.05) is 55.5 Å². The first-order valence-electron chi connectivity index (χ1n) is 7.65. The first-order valence-corrected chi connectivity index (χ1v) is 7.65. The van der Waals surface area contributed by atoms with Crippen LogP contribution in [-0.4, -0.2) is 20.1 Å². The highest BCUT2D eigenvalue weighted by atomic mass is 16.5. The first-order chi connectivity index (χ1) is 11.6. The van der Waals surface area contributed by atoms with Gasteiger partial charge in [-0.2, -0.15) is 0 Å². The minimum atomic E-state index is -0.183. The zero-order valence-corrected chi connectivity index (χ0v) is 13.9. The van der Waals surface area contributed by atoms with Crippen molar-refractivity contribution in [2.75, 3.05) is 19.5 Å². The van der Waals surface area contributed by atoms with Crippen molar-refractivity contribution in [3.8, 4) is 11.5 Å². The van der Waals surface area contributed by atoms with Crippen LogP contribution in [0.2, 0.25) is 0 Å². The Morgan fingerprint density at radius 2 is 1.54 bits per heavy atom. The molecule has 0 aliphatic heterocycles. The number of carbonyl (C=O) groups excluding carboxylic acids is 1. The van der Waals surface area contributed by atoms with Crippen LogP contribution in [0.25, 0.3) is 10.8 Å². The van der Waals surface area contributed by atoms with Gasteiger partial charge in [0.2, 0.25) is 0 Å². The predicted molar refractivity (Wildman–Crippen MR) is 96.2 cm³/mol. The Kier molecular flexibility index (Phi) is 4.38. The largest absolute Gasteiger partial charge is 0.496 e. The summed E-state index contributed by atoms with van der Waals surface area (Å²) in [5, 5.41) is 4.70. The molecule has 0 bridgehead atoms. The van der Waals surface area contributed by atoms with Crippen LogP contribution in [0, 0.1) is 6.92 Å². The Labute approximate surface area is 141 Å². The number of rotatable bonds is 4. The molecule has 4 nitrogen and oxygen atoms in total. The Morgan fingerprint density at radius 1 is 0.875 bits per heavy atom. The molecular formula is C20H19NO3. The summed E-state index contributed by atoms with van der Waals surface area (Å²) in [5.41, 5.74) is 2.29. The number of aryl methyl sites for hydroxylation is 1. The van der Waals surface area contributed by atoms with Gasteiger partial charge < -0.3 is 14.8 Å². The monoisotopic (exact) mass is 321 g/mol. The molecule has 1 N–H and O–H groups in total. The summed E-state index contributed by atoms with van der Waals surface area (Å²) in [6.07, 6.45) is 0. The van der Waals surface area contributed by atoms with E-state index in [2.05, 4.69) is 5.32 Å². The standard InChI is InChI=1S/C20H19NO3/c1-13-8-10-19(24-3)17(12-13)21-20(22)16-9-11-18(23-2)15-7-5-4-6-14(15)16/h4-12H,1-3H3,(H,21,22). The van der Waals surface area contributed by atoms with Crippen LogP contribution in [0.4, 0.5) is 5.69 Å². The third-order valence-corrected chi connectivity index (χ3v) is 3.95. The molecule has 122 valence electrons. The maximum atomic E-state index is 12.8. The van der Waals surface area contributed by atoms with Crippen LogP contribution >= 0.6 is 0 Å². The van der Waals surface area contributed by atoms with E-state index in [1.165, 1.54) is 0 Å². The summed E-state index contributed by atoms with van der Waals surface area (Å²) < 4.78 is 10.7. The van der Waals surface area contributed by atoms with Crippen molar-refractivity contribution >= 4 is 22.4 Å². The van der Waals surface area contributed by atoms with Gasteiger partial charge in [-0.1, -0.05) is 30.3 Å². The Morgan fingerprint density at radius 3 is 2.25 bits per heavy atom. The van der Waals surface area contributed by atoms with Crippen molar-refractivity contribution in [1.82, 2.24) is 0 Å². The molecule has 0 aromatic heterocycles. The number of anilines is 1. The third kappa shape index (κ3) is 2.91. The molecule has 3 aromatic carbocycles. The topological polar surface area (TPSA) is 47.6 Å². The molecule has 0 spiro atoms. The fourth-order valence-electron chi connectivity index (χ4n) is 2.76. The molecule has 0 radical (unpaired) electrons. The first kappa shape index (κ1) is 15.9. The Hall–Kier alpha value is -3.01. The number of ether oxygens (including phenoxy) is 2. The maximum absolute atomic E-state index is 12.8. The lowest BCUT2D eigenvalue weighted by Crippen LogP contribution is -2.13. The normalized spacial score (nSPS) is 10.5. The van der Waals surface area contributed by atoms with Crippen LogP contribution in [-0.2, 0) is 0 Å². The van der Waals surface area contributed by atoms with Gasteiger partial charge in [-0.3, -0.25) is 4.79 Å². The molecule has 0 heterocycles. The fourth-order valence-corrected chi connectivity index (χ4v) is 2.76. The van der Waals surface area contributed by atoms with E-state index in [4.69, 9.17) is 9.47 Å². The van der Waals surface area contributed by atoms with Crippen LogP contribution in [0.5, 0.6) is 11.5 Å². The fraction of sp³-hybridized carbons (Fsp3) is 0.150. The Balaban J connectivity index is 2.03. The maximum Gasteiger partial charge on any atom is 0.256 e. The van der Waals surface area contributed by atoms with Gasteiger partial charge in [0.15, 0.2) is 0 Å². The van der Waals surface area contributed by atoms with Gasteiger partial charge >= 0.3 is 0 Å². The van der Waals surface area contributed by atoms with Crippen molar-refractivity contribution in [2.45, 2.75) is 6.92 Å². The van der Waals surface area contributed by atoms with Gasteiger partial charge in [0, 0.05) is 10.9 Å². The zero-order valence-electron chi connectivity index (χ0n) is 13.9. The Bertz CT molecular complexity index is 903. The van der Waals surface area contributed by atoms with Crippen LogP contribution in [0.15, 0.2) is 54.6 Å². The van der Waals surface area contributed by atoms with Gasteiger partial charge in [-0.15, -0.1) is 0 Å². The van der Waals surface area contributed by atoms with Gasteiger partial charge in [0.1, 0.15) is 11.5 Å². The van der Waals surface area contributed by atoms with Crippen LogP contribution in [0.1, 0.15) is 15.9 Å². The molecule has 24 heavy (non-hydrogen) atoms. The van der Waals surface area contributed by atoms with Gasteiger partial charge in [-0.05, 0) is 42.1 Å². The summed E-state index contributed by atoms with van der Waals surface area (Å²) >= 11 is 0. The molecule has 0 saturated carbocycles. The second-order valence-electron chi connectivity index (χ2n) is 5.52. The number of fused-ring (bicyclic) bond motifs is 1. The average Bonchev–Trinajstić information content (AvgIpc) is 2.61. The van der Waals surface area contributed by atoms with E-state index >= 15 is 0 Å². The van der Waals surface area contributed by atoms with E-state index < -0.39 is 0 Å². The molecule has 4 heteroatoms. The van der Waals surface area contributed by atoms with E-state index in [1.54, 1.807) is 20.3 Å². The van der Waals surface area contributed by atoms with Crippen LogP contribution < -0.4 is 14.8 Å². The predicted octanol–water partition coefficient (Wildman–Crippen LogP) is 4.42. The number of carbonyl (C=O) groups is 1. The van der Waals surface area contributed by atoms with Gasteiger partial charge in [-0.25, -0.2) is 0 Å². The van der Waals surface area contributed by atoms with Crippen molar-refractivity contribution in [3.63, 3.8) is 0 Å². The average molecular weight is 321 g/mol. The van der Waals surface area contributed by atoms with Crippen molar-refractivity contribution in [3.05, 3.63) is 65.7 Å². The van der Waals surface area contributed by atoms with Gasteiger partial charge in [0.05, 0.1) is 19.9 Å². The number of hydrogen-bond donors (Lipinski definition) is 1. The van der Waals surface area contributed by atoms with Crippen LogP contribution in [0.3, 0.4) is 0 Å². The smallest absolute Gasteiger partial charge is 0.256 e. The molecule has 0 aliphatic carbocycles. The molecule has 0 atom stereocenters. The van der Waals surface area contributed by atoms with E-state index in [-0.39, 0.29) is 5.91 Å². The SMILES string of the molecule is COc1ccc(C)cc1NC(=O)c1ccc(OC)c2ccccc12. The number of amides is 1. The van der Waals surface area contributed by atoms with Crippen molar-refractivity contribution in [2.24, 2.45) is 0 Å². The van der Waals surface area contributed by atoms with E-state index in [0.717, 1.165) is 22.1 Å². The highest BCUT2D eigenvalue weighted by Gasteiger charge is 2.14. The summed E-state index contributed by atoms with van der Waals surface area (Å²) in [5.74, 6) is 1.19. The number of hydrogen-bond acceptors (Lipinski definition) is 3. The second kappa shape index (κ2) is 6.62. The molecule has 1 amide bonds. The van der Waals surface area contributed by atoms with Crippen molar-refractivity contribution in [1.29, 1.82) is 0 Å². The minimum absolute atomic E-state index is 0.183. The van der Waals surface area contributed by atoms with E-state index in [0.29, 0.717) is 17.0 Å². The summed E-state index contributed by atoms with van der Waals surface area (Å²) in [6.45, 7) is 1.97. The number of nitrogens with one attached hydrogen (secondary N) is 1. The molecule has 0 unspecified atom stereocenters. The highest BCUT2D eigenvalue weighted by molar-refractivity contribution is 6.14. The lowest BCUT2D eigenvalue weighted by atomic mass is 10.0. The molecule has 0 saturated heterocycles. The molecular weight excluding hydrogens is 302 g/mol. The molecule has 3 rings (SSSR count). The van der Waals surface area contributed by atoms with E-state index in [9.17, 15) is 4.79 Å². The summed E-state index contributed by atoms with van der Waals surface area (Å²) in [6, 6.07) is 17.0. The molecule has 0 fully saturated rings. The second-order valence-corrected chi connectivity index (χ2v) is 5.52. The highest BCUT2D eigenvalue weighted by Crippen LogP contribution is 2.30. The summed E-state index contributed by atoms with van der Waals surface area (Å²) in [7, 11) is 3.21.